The lowest BCUT2D eigenvalue weighted by Crippen LogP contribution is -2.36. The molecule has 128 valence electrons. The summed E-state index contributed by atoms with van der Waals surface area (Å²) in [6.45, 7) is 3.73. The fourth-order valence-corrected chi connectivity index (χ4v) is 3.36. The smallest absolute Gasteiger partial charge is 0.259 e. The third-order valence-corrected chi connectivity index (χ3v) is 4.75. The van der Waals surface area contributed by atoms with Crippen molar-refractivity contribution in [1.29, 1.82) is 0 Å². The minimum atomic E-state index is 0.0711. The van der Waals surface area contributed by atoms with Gasteiger partial charge >= 0.3 is 0 Å². The Labute approximate surface area is 147 Å². The monoisotopic (exact) mass is 334 g/mol. The number of benzene rings is 1. The van der Waals surface area contributed by atoms with Crippen molar-refractivity contribution in [1.82, 2.24) is 19.2 Å². The second kappa shape index (κ2) is 6.59. The number of carbonyl (C=O) groups excluding carboxylic acids is 1. The largest absolute Gasteiger partial charge is 0.338 e. The minimum Gasteiger partial charge on any atom is -0.338 e. The Balaban J connectivity index is 1.79. The van der Waals surface area contributed by atoms with Crippen molar-refractivity contribution in [2.45, 2.75) is 26.2 Å². The number of aryl methyl sites for hydroxylation is 1. The van der Waals surface area contributed by atoms with E-state index in [9.17, 15) is 4.79 Å². The average Bonchev–Trinajstić information content (AvgIpc) is 3.32. The molecule has 0 unspecified atom stereocenters. The van der Waals surface area contributed by atoms with Gasteiger partial charge in [-0.2, -0.15) is 5.10 Å². The van der Waals surface area contributed by atoms with Crippen molar-refractivity contribution in [3.63, 3.8) is 0 Å². The maximum Gasteiger partial charge on any atom is 0.259 e. The maximum absolute atomic E-state index is 13.1. The van der Waals surface area contributed by atoms with Crippen molar-refractivity contribution >= 4 is 5.91 Å². The summed E-state index contributed by atoms with van der Waals surface area (Å²) in [5, 5.41) is 4.54. The summed E-state index contributed by atoms with van der Waals surface area (Å²) >= 11 is 0. The highest BCUT2D eigenvalue weighted by atomic mass is 16.2. The number of rotatable bonds is 3. The molecule has 0 bridgehead atoms. The number of hydrogen-bond acceptors (Lipinski definition) is 2. The van der Waals surface area contributed by atoms with Gasteiger partial charge in [0.25, 0.3) is 5.91 Å². The zero-order valence-electron chi connectivity index (χ0n) is 14.4. The van der Waals surface area contributed by atoms with Crippen molar-refractivity contribution in [2.75, 3.05) is 13.1 Å². The first kappa shape index (κ1) is 15.7. The molecule has 25 heavy (non-hydrogen) atoms. The molecule has 3 heterocycles. The summed E-state index contributed by atoms with van der Waals surface area (Å²) in [4.78, 5) is 15.0. The molecule has 1 fully saturated rings. The Morgan fingerprint density at radius 1 is 1.00 bits per heavy atom. The quantitative estimate of drug-likeness (QED) is 0.734. The van der Waals surface area contributed by atoms with Crippen LogP contribution in [0.25, 0.3) is 11.5 Å². The lowest BCUT2D eigenvalue weighted by molar-refractivity contribution is 0.0724. The number of piperidine rings is 1. The van der Waals surface area contributed by atoms with Gasteiger partial charge in [-0.05, 0) is 50.5 Å². The molecule has 0 radical (unpaired) electrons. The van der Waals surface area contributed by atoms with Gasteiger partial charge in [0, 0.05) is 25.5 Å². The number of amides is 1. The number of hydrogen-bond donors (Lipinski definition) is 0. The van der Waals surface area contributed by atoms with Crippen LogP contribution in [0.2, 0.25) is 0 Å². The lowest BCUT2D eigenvalue weighted by atomic mass is 10.1. The molecule has 5 nitrogen and oxygen atoms in total. The van der Waals surface area contributed by atoms with E-state index in [-0.39, 0.29) is 5.91 Å². The molecule has 4 rings (SSSR count). The van der Waals surface area contributed by atoms with Gasteiger partial charge in [0.1, 0.15) is 5.56 Å². The van der Waals surface area contributed by atoms with Crippen molar-refractivity contribution < 1.29 is 4.79 Å². The zero-order chi connectivity index (χ0) is 17.2. The number of likely N-dealkylation sites (tertiary alicyclic amines) is 1. The highest BCUT2D eigenvalue weighted by molar-refractivity contribution is 5.97. The summed E-state index contributed by atoms with van der Waals surface area (Å²) in [7, 11) is 0. The van der Waals surface area contributed by atoms with Crippen LogP contribution < -0.4 is 0 Å². The maximum atomic E-state index is 13.1. The van der Waals surface area contributed by atoms with Gasteiger partial charge in [-0.3, -0.25) is 4.79 Å². The molecule has 2 aromatic heterocycles. The first-order chi connectivity index (χ1) is 12.2. The van der Waals surface area contributed by atoms with E-state index in [0.717, 1.165) is 37.4 Å². The molecular weight excluding hydrogens is 312 g/mol. The molecule has 1 saturated heterocycles. The van der Waals surface area contributed by atoms with E-state index >= 15 is 0 Å². The Kier molecular flexibility index (Phi) is 4.14. The van der Waals surface area contributed by atoms with Gasteiger partial charge < -0.3 is 9.47 Å². The molecule has 0 aliphatic carbocycles. The topological polar surface area (TPSA) is 43.1 Å². The first-order valence-corrected chi connectivity index (χ1v) is 8.82. The second-order valence-corrected chi connectivity index (χ2v) is 6.57. The van der Waals surface area contributed by atoms with E-state index in [1.54, 1.807) is 6.20 Å². The highest BCUT2D eigenvalue weighted by Gasteiger charge is 2.25. The summed E-state index contributed by atoms with van der Waals surface area (Å²) in [5.41, 5.74) is 2.80. The average molecular weight is 334 g/mol. The standard InChI is InChI=1S/C20H22N4O/c1-16-7-9-17(10-8-16)24-19(22-11-5-6-12-22)18(15-21-24)20(25)23-13-3-2-4-14-23/h5-12,15H,2-4,13-14H2,1H3. The Bertz CT molecular complexity index is 856. The van der Waals surface area contributed by atoms with Crippen LogP contribution in [0.1, 0.15) is 35.2 Å². The molecule has 0 atom stereocenters. The molecule has 1 aromatic carbocycles. The van der Waals surface area contributed by atoms with E-state index in [2.05, 4.69) is 24.2 Å². The van der Waals surface area contributed by atoms with Crippen LogP contribution in [0.4, 0.5) is 0 Å². The lowest BCUT2D eigenvalue weighted by Gasteiger charge is -2.26. The molecule has 0 saturated carbocycles. The van der Waals surface area contributed by atoms with Gasteiger partial charge in [0.05, 0.1) is 11.9 Å². The Morgan fingerprint density at radius 2 is 1.68 bits per heavy atom. The molecule has 5 heteroatoms. The van der Waals surface area contributed by atoms with Gasteiger partial charge in [0.15, 0.2) is 5.82 Å². The minimum absolute atomic E-state index is 0.0711. The fraction of sp³-hybridized carbons (Fsp3) is 0.300. The van der Waals surface area contributed by atoms with Gasteiger partial charge in [0.2, 0.25) is 0 Å². The molecule has 1 aliphatic rings. The predicted octanol–water partition coefficient (Wildman–Crippen LogP) is 3.60. The van der Waals surface area contributed by atoms with Gasteiger partial charge in [-0.15, -0.1) is 0 Å². The van der Waals surface area contributed by atoms with Crippen LogP contribution in [-0.4, -0.2) is 38.2 Å². The van der Waals surface area contributed by atoms with E-state index in [4.69, 9.17) is 0 Å². The second-order valence-electron chi connectivity index (χ2n) is 6.57. The Hall–Kier alpha value is -2.82. The van der Waals surface area contributed by atoms with Crippen LogP contribution in [-0.2, 0) is 0 Å². The number of nitrogens with zero attached hydrogens (tertiary/aromatic N) is 4. The van der Waals surface area contributed by atoms with Gasteiger partial charge in [-0.1, -0.05) is 17.7 Å². The highest BCUT2D eigenvalue weighted by Crippen LogP contribution is 2.23. The van der Waals surface area contributed by atoms with E-state index in [1.165, 1.54) is 12.0 Å². The SMILES string of the molecule is Cc1ccc(-n2ncc(C(=O)N3CCCCC3)c2-n2cccc2)cc1. The molecule has 1 aliphatic heterocycles. The first-order valence-electron chi connectivity index (χ1n) is 8.82. The van der Waals surface area contributed by atoms with E-state index in [0.29, 0.717) is 5.56 Å². The number of aromatic nitrogens is 3. The molecule has 0 spiro atoms. The van der Waals surface area contributed by atoms with Crippen LogP contribution in [0, 0.1) is 6.92 Å². The summed E-state index contributed by atoms with van der Waals surface area (Å²) < 4.78 is 3.81. The molecule has 0 N–H and O–H groups in total. The van der Waals surface area contributed by atoms with Crippen molar-refractivity contribution in [2.24, 2.45) is 0 Å². The number of carbonyl (C=O) groups is 1. The zero-order valence-corrected chi connectivity index (χ0v) is 14.4. The van der Waals surface area contributed by atoms with Crippen LogP contribution in [0.3, 0.4) is 0 Å². The summed E-state index contributed by atoms with van der Waals surface area (Å²) in [6, 6.07) is 12.1. The van der Waals surface area contributed by atoms with E-state index < -0.39 is 0 Å². The predicted molar refractivity (Wildman–Crippen MR) is 97.4 cm³/mol. The fourth-order valence-electron chi connectivity index (χ4n) is 3.36. The van der Waals surface area contributed by atoms with E-state index in [1.807, 2.05) is 50.8 Å². The molecule has 1 amide bonds. The summed E-state index contributed by atoms with van der Waals surface area (Å²) in [6.07, 6.45) is 8.97. The van der Waals surface area contributed by atoms with Crippen LogP contribution >= 0.6 is 0 Å². The van der Waals surface area contributed by atoms with Crippen LogP contribution in [0.5, 0.6) is 0 Å². The third kappa shape index (κ3) is 2.97. The van der Waals surface area contributed by atoms with Crippen LogP contribution in [0.15, 0.2) is 55.0 Å². The normalized spacial score (nSPS) is 14.7. The third-order valence-electron chi connectivity index (χ3n) is 4.75. The Morgan fingerprint density at radius 3 is 2.36 bits per heavy atom. The molecular formula is C20H22N4O. The van der Waals surface area contributed by atoms with Gasteiger partial charge in [-0.25, -0.2) is 4.68 Å². The van der Waals surface area contributed by atoms with Crippen molar-refractivity contribution in [3.05, 3.63) is 66.1 Å². The van der Waals surface area contributed by atoms with Crippen molar-refractivity contribution in [3.8, 4) is 11.5 Å². The molecule has 3 aromatic rings. The summed E-state index contributed by atoms with van der Waals surface area (Å²) in [5.74, 6) is 0.867.